The van der Waals surface area contributed by atoms with Crippen molar-refractivity contribution in [1.82, 2.24) is 10.2 Å². The van der Waals surface area contributed by atoms with Crippen LogP contribution in [0.3, 0.4) is 0 Å². The maximum Gasteiger partial charge on any atom is 0.229 e. The summed E-state index contributed by atoms with van der Waals surface area (Å²) in [7, 11) is 3.38. The molecule has 0 aromatic heterocycles. The van der Waals surface area contributed by atoms with Gasteiger partial charge < -0.3 is 10.2 Å². The van der Waals surface area contributed by atoms with Crippen molar-refractivity contribution in [1.29, 1.82) is 0 Å². The number of rotatable bonds is 5. The number of likely N-dealkylation sites (N-methyl/N-ethyl adjacent to an activating group) is 1. The highest BCUT2D eigenvalue weighted by molar-refractivity contribution is 6.53. The fraction of sp³-hybridized carbons (Fsp3) is 0.533. The molecule has 0 radical (unpaired) electrons. The maximum absolute atomic E-state index is 13.9. The van der Waals surface area contributed by atoms with Gasteiger partial charge in [-0.2, -0.15) is 0 Å². The smallest absolute Gasteiger partial charge is 0.229 e. The van der Waals surface area contributed by atoms with E-state index in [0.717, 1.165) is 0 Å². The summed E-state index contributed by atoms with van der Waals surface area (Å²) in [6.45, 7) is 1.72. The van der Waals surface area contributed by atoms with Gasteiger partial charge >= 0.3 is 0 Å². The Bertz CT molecular complexity index is 575. The normalized spacial score (nSPS) is 24.2. The standard InChI is InChI=1S/C15H18Cl2F2N2O/c1-14(8-15(14,16)17)13(22)20-7-11(21(2)3)12-9(18)5-4-6-10(12)19/h4-6,11H,7-8H2,1-3H3,(H,20,22). The first-order valence-electron chi connectivity index (χ1n) is 6.86. The molecule has 7 heteroatoms. The van der Waals surface area contributed by atoms with Crippen LogP contribution in [0.15, 0.2) is 18.2 Å². The summed E-state index contributed by atoms with van der Waals surface area (Å²) in [6.07, 6.45) is 0.357. The van der Waals surface area contributed by atoms with Crippen LogP contribution in [0.25, 0.3) is 0 Å². The van der Waals surface area contributed by atoms with Crippen LogP contribution in [-0.4, -0.2) is 35.8 Å². The Morgan fingerprint density at radius 3 is 2.27 bits per heavy atom. The quantitative estimate of drug-likeness (QED) is 0.826. The molecule has 3 nitrogen and oxygen atoms in total. The Morgan fingerprint density at radius 2 is 1.86 bits per heavy atom. The molecule has 0 spiro atoms. The lowest BCUT2D eigenvalue weighted by molar-refractivity contribution is -0.126. The number of hydrogen-bond acceptors (Lipinski definition) is 2. The molecule has 1 aromatic carbocycles. The number of nitrogens with one attached hydrogen (secondary N) is 1. The zero-order valence-corrected chi connectivity index (χ0v) is 14.1. The molecular weight excluding hydrogens is 333 g/mol. The molecule has 2 unspecified atom stereocenters. The summed E-state index contributed by atoms with van der Waals surface area (Å²) in [5, 5.41) is 2.69. The minimum absolute atomic E-state index is 0.0587. The SMILES string of the molecule is CN(C)C(CNC(=O)C1(C)CC1(Cl)Cl)c1c(F)cccc1F. The average Bonchev–Trinajstić information content (AvgIpc) is 2.92. The van der Waals surface area contributed by atoms with Gasteiger partial charge in [0.15, 0.2) is 0 Å². The zero-order chi connectivity index (χ0) is 16.7. The van der Waals surface area contributed by atoms with Gasteiger partial charge in [0.05, 0.1) is 11.5 Å². The van der Waals surface area contributed by atoms with Gasteiger partial charge in [0.2, 0.25) is 5.91 Å². The summed E-state index contributed by atoms with van der Waals surface area (Å²) in [6, 6.07) is 3.07. The molecule has 2 rings (SSSR count). The van der Waals surface area contributed by atoms with Gasteiger partial charge in [-0.25, -0.2) is 8.78 Å². The number of benzene rings is 1. The van der Waals surface area contributed by atoms with Crippen molar-refractivity contribution >= 4 is 29.1 Å². The van der Waals surface area contributed by atoms with Crippen LogP contribution in [0, 0.1) is 17.0 Å². The second-order valence-electron chi connectivity index (χ2n) is 6.04. The van der Waals surface area contributed by atoms with Crippen molar-refractivity contribution < 1.29 is 13.6 Å². The van der Waals surface area contributed by atoms with Gasteiger partial charge in [0, 0.05) is 12.1 Å². The van der Waals surface area contributed by atoms with Crippen molar-refractivity contribution in [2.75, 3.05) is 20.6 Å². The van der Waals surface area contributed by atoms with Crippen molar-refractivity contribution in [3.8, 4) is 0 Å². The van der Waals surface area contributed by atoms with Crippen LogP contribution < -0.4 is 5.32 Å². The summed E-state index contributed by atoms with van der Waals surface area (Å²) in [5.74, 6) is -1.61. The number of halogens is 4. The highest BCUT2D eigenvalue weighted by Crippen LogP contribution is 2.63. The third-order valence-electron chi connectivity index (χ3n) is 4.17. The van der Waals surface area contributed by atoms with Crippen LogP contribution in [0.5, 0.6) is 0 Å². The molecule has 1 saturated carbocycles. The summed E-state index contributed by atoms with van der Waals surface area (Å²) >= 11 is 11.9. The Balaban J connectivity index is 2.13. The maximum atomic E-state index is 13.9. The number of carbonyl (C=O) groups excluding carboxylic acids is 1. The molecule has 1 fully saturated rings. The molecule has 22 heavy (non-hydrogen) atoms. The Hall–Kier alpha value is -0.910. The van der Waals surface area contributed by atoms with E-state index in [9.17, 15) is 13.6 Å². The van der Waals surface area contributed by atoms with Crippen LogP contribution >= 0.6 is 23.2 Å². The Kier molecular flexibility index (Phi) is 4.71. The molecule has 1 aliphatic rings. The number of amides is 1. The Labute approximate surface area is 138 Å². The van der Waals surface area contributed by atoms with Gasteiger partial charge in [-0.15, -0.1) is 23.2 Å². The third kappa shape index (κ3) is 3.07. The number of hydrogen-bond donors (Lipinski definition) is 1. The fourth-order valence-electron chi connectivity index (χ4n) is 2.40. The van der Waals surface area contributed by atoms with Crippen LogP contribution in [0.4, 0.5) is 8.78 Å². The van der Waals surface area contributed by atoms with Crippen molar-refractivity contribution in [3.05, 3.63) is 35.4 Å². The van der Waals surface area contributed by atoms with Gasteiger partial charge in [-0.3, -0.25) is 4.79 Å². The molecule has 1 N–H and O–H groups in total. The van der Waals surface area contributed by atoms with E-state index in [2.05, 4.69) is 5.32 Å². The molecular formula is C15H18Cl2F2N2O. The second-order valence-corrected chi connectivity index (χ2v) is 7.52. The molecule has 122 valence electrons. The lowest BCUT2D eigenvalue weighted by Crippen LogP contribution is -2.39. The lowest BCUT2D eigenvalue weighted by Gasteiger charge is -2.26. The number of alkyl halides is 2. The monoisotopic (exact) mass is 350 g/mol. The van der Waals surface area contributed by atoms with Gasteiger partial charge in [0.25, 0.3) is 0 Å². The molecule has 1 amide bonds. The minimum atomic E-state index is -1.08. The van der Waals surface area contributed by atoms with E-state index in [-0.39, 0.29) is 18.0 Å². The largest absolute Gasteiger partial charge is 0.354 e. The average molecular weight is 351 g/mol. The molecule has 2 atom stereocenters. The molecule has 1 aromatic rings. The van der Waals surface area contributed by atoms with E-state index >= 15 is 0 Å². The second kappa shape index (κ2) is 5.95. The summed E-state index contributed by atoms with van der Waals surface area (Å²) < 4.78 is 26.8. The van der Waals surface area contributed by atoms with E-state index < -0.39 is 27.4 Å². The fourth-order valence-corrected chi connectivity index (χ4v) is 3.11. The number of nitrogens with zero attached hydrogens (tertiary/aromatic N) is 1. The van der Waals surface area contributed by atoms with Crippen molar-refractivity contribution in [2.24, 2.45) is 5.41 Å². The molecule has 0 heterocycles. The van der Waals surface area contributed by atoms with E-state index in [4.69, 9.17) is 23.2 Å². The first-order chi connectivity index (χ1) is 10.1. The summed E-state index contributed by atoms with van der Waals surface area (Å²) in [5.41, 5.74) is -0.933. The summed E-state index contributed by atoms with van der Waals surface area (Å²) in [4.78, 5) is 13.8. The van der Waals surface area contributed by atoms with Crippen LogP contribution in [-0.2, 0) is 4.79 Å². The topological polar surface area (TPSA) is 32.3 Å². The van der Waals surface area contributed by atoms with Gasteiger partial charge in [-0.05, 0) is 39.6 Å². The first kappa shape index (κ1) is 17.4. The van der Waals surface area contributed by atoms with E-state index in [0.29, 0.717) is 6.42 Å². The predicted molar refractivity (Wildman–Crippen MR) is 83.0 cm³/mol. The molecule has 0 bridgehead atoms. The van der Waals surface area contributed by atoms with Gasteiger partial charge in [-0.1, -0.05) is 6.07 Å². The molecule has 0 aliphatic heterocycles. The molecule has 0 saturated heterocycles. The highest BCUT2D eigenvalue weighted by atomic mass is 35.5. The van der Waals surface area contributed by atoms with E-state index in [1.165, 1.54) is 18.2 Å². The third-order valence-corrected chi connectivity index (χ3v) is 5.27. The van der Waals surface area contributed by atoms with Crippen molar-refractivity contribution in [2.45, 2.75) is 23.7 Å². The zero-order valence-electron chi connectivity index (χ0n) is 12.6. The van der Waals surface area contributed by atoms with Crippen LogP contribution in [0.1, 0.15) is 24.9 Å². The predicted octanol–water partition coefficient (Wildman–Crippen LogP) is 3.27. The first-order valence-corrected chi connectivity index (χ1v) is 7.62. The number of carbonyl (C=O) groups is 1. The minimum Gasteiger partial charge on any atom is -0.354 e. The van der Waals surface area contributed by atoms with Crippen molar-refractivity contribution in [3.63, 3.8) is 0 Å². The van der Waals surface area contributed by atoms with Gasteiger partial charge in [0.1, 0.15) is 16.0 Å². The van der Waals surface area contributed by atoms with Crippen LogP contribution in [0.2, 0.25) is 0 Å². The lowest BCUT2D eigenvalue weighted by atomic mass is 10.0. The van der Waals surface area contributed by atoms with E-state index in [1.54, 1.807) is 25.9 Å². The Morgan fingerprint density at radius 1 is 1.36 bits per heavy atom. The highest BCUT2D eigenvalue weighted by Gasteiger charge is 2.67. The van der Waals surface area contributed by atoms with E-state index in [1.807, 2.05) is 0 Å². The molecule has 1 aliphatic carbocycles.